The van der Waals surface area contributed by atoms with E-state index in [1.165, 1.54) is 18.1 Å². The lowest BCUT2D eigenvalue weighted by Crippen LogP contribution is -2.26. The van der Waals surface area contributed by atoms with E-state index in [1.54, 1.807) is 56.4 Å². The van der Waals surface area contributed by atoms with Crippen LogP contribution in [0.1, 0.15) is 21.5 Å². The summed E-state index contributed by atoms with van der Waals surface area (Å²) in [6.45, 7) is 2.18. The monoisotopic (exact) mass is 468 g/mol. The Kier molecular flexibility index (Phi) is 6.15. The van der Waals surface area contributed by atoms with Gasteiger partial charge in [-0.2, -0.15) is 0 Å². The molecule has 33 heavy (non-hydrogen) atoms. The van der Waals surface area contributed by atoms with E-state index in [4.69, 9.17) is 14.2 Å². The summed E-state index contributed by atoms with van der Waals surface area (Å²) in [5, 5.41) is 0. The molecule has 172 valence electrons. The first-order valence-corrected chi connectivity index (χ1v) is 11.7. The van der Waals surface area contributed by atoms with E-state index in [-0.39, 0.29) is 23.2 Å². The Bertz CT molecular complexity index is 1310. The quantitative estimate of drug-likeness (QED) is 0.567. The Hall–Kier alpha value is -3.72. The SMILES string of the molecule is COc1ccccc1NS(=O)(=O)c1cc(C(=O)N(C)Cc2ccc3c(c2)OCO3)ccc1C. The van der Waals surface area contributed by atoms with Gasteiger partial charge in [0.15, 0.2) is 11.5 Å². The van der Waals surface area contributed by atoms with Crippen molar-refractivity contribution in [1.82, 2.24) is 4.90 Å². The number of carbonyl (C=O) groups excluding carboxylic acids is 1. The van der Waals surface area contributed by atoms with Crippen LogP contribution in [-0.2, 0) is 16.6 Å². The van der Waals surface area contributed by atoms with E-state index in [0.717, 1.165) is 5.56 Å². The normalized spacial score (nSPS) is 12.3. The average Bonchev–Trinajstić information content (AvgIpc) is 3.27. The number of anilines is 1. The number of carbonyl (C=O) groups is 1. The van der Waals surface area contributed by atoms with Gasteiger partial charge >= 0.3 is 0 Å². The van der Waals surface area contributed by atoms with Gasteiger partial charge in [0, 0.05) is 19.2 Å². The first-order chi connectivity index (χ1) is 15.8. The molecule has 0 saturated carbocycles. The van der Waals surface area contributed by atoms with Crippen molar-refractivity contribution in [3.63, 3.8) is 0 Å². The van der Waals surface area contributed by atoms with Gasteiger partial charge < -0.3 is 19.1 Å². The van der Waals surface area contributed by atoms with Crippen LogP contribution in [0.25, 0.3) is 0 Å². The molecule has 3 aromatic rings. The number of benzene rings is 3. The summed E-state index contributed by atoms with van der Waals surface area (Å²) in [6.07, 6.45) is 0. The summed E-state index contributed by atoms with van der Waals surface area (Å²) in [7, 11) is -0.829. The number of nitrogens with zero attached hydrogens (tertiary/aromatic N) is 1. The summed E-state index contributed by atoms with van der Waals surface area (Å²) in [5.74, 6) is 1.40. The van der Waals surface area contributed by atoms with E-state index in [1.807, 2.05) is 12.1 Å². The minimum Gasteiger partial charge on any atom is -0.495 e. The number of aryl methyl sites for hydroxylation is 1. The molecule has 0 aliphatic carbocycles. The van der Waals surface area contributed by atoms with Crippen LogP contribution in [0.5, 0.6) is 17.2 Å². The van der Waals surface area contributed by atoms with Gasteiger partial charge in [-0.05, 0) is 54.4 Å². The second kappa shape index (κ2) is 9.03. The highest BCUT2D eigenvalue weighted by Gasteiger charge is 2.22. The Morgan fingerprint density at radius 3 is 2.61 bits per heavy atom. The van der Waals surface area contributed by atoms with Crippen molar-refractivity contribution in [2.24, 2.45) is 0 Å². The van der Waals surface area contributed by atoms with Crippen LogP contribution < -0.4 is 18.9 Å². The van der Waals surface area contributed by atoms with Gasteiger partial charge in [0.25, 0.3) is 15.9 Å². The molecule has 0 radical (unpaired) electrons. The largest absolute Gasteiger partial charge is 0.495 e. The number of para-hydroxylation sites is 2. The zero-order valence-electron chi connectivity index (χ0n) is 18.5. The molecule has 9 heteroatoms. The number of methoxy groups -OCH3 is 1. The molecule has 3 aromatic carbocycles. The van der Waals surface area contributed by atoms with Crippen molar-refractivity contribution in [1.29, 1.82) is 0 Å². The van der Waals surface area contributed by atoms with E-state index in [0.29, 0.717) is 35.0 Å². The van der Waals surface area contributed by atoms with E-state index in [2.05, 4.69) is 4.72 Å². The van der Waals surface area contributed by atoms with E-state index < -0.39 is 10.0 Å². The minimum atomic E-state index is -3.96. The molecule has 0 fully saturated rings. The second-order valence-corrected chi connectivity index (χ2v) is 9.29. The minimum absolute atomic E-state index is 0.0238. The van der Waals surface area contributed by atoms with Gasteiger partial charge in [0.2, 0.25) is 6.79 Å². The van der Waals surface area contributed by atoms with Crippen LogP contribution in [0.15, 0.2) is 65.6 Å². The Balaban J connectivity index is 1.56. The summed E-state index contributed by atoms with van der Waals surface area (Å²) in [4.78, 5) is 14.6. The van der Waals surface area contributed by atoms with Gasteiger partial charge in [-0.3, -0.25) is 9.52 Å². The summed E-state index contributed by atoms with van der Waals surface area (Å²) in [6, 6.07) is 16.9. The first-order valence-electron chi connectivity index (χ1n) is 10.2. The predicted molar refractivity (Wildman–Crippen MR) is 123 cm³/mol. The molecule has 0 atom stereocenters. The molecule has 0 saturated heterocycles. The molecular weight excluding hydrogens is 444 g/mol. The fourth-order valence-corrected chi connectivity index (χ4v) is 4.90. The first kappa shape index (κ1) is 22.5. The Morgan fingerprint density at radius 2 is 1.82 bits per heavy atom. The number of sulfonamides is 1. The third-order valence-electron chi connectivity index (χ3n) is 5.28. The molecule has 4 rings (SSSR count). The molecule has 1 N–H and O–H groups in total. The van der Waals surface area contributed by atoms with Crippen molar-refractivity contribution >= 4 is 21.6 Å². The third kappa shape index (κ3) is 4.73. The van der Waals surface area contributed by atoms with Gasteiger partial charge in [0.05, 0.1) is 17.7 Å². The molecule has 1 heterocycles. The number of rotatable bonds is 7. The van der Waals surface area contributed by atoms with Gasteiger partial charge in [-0.25, -0.2) is 8.42 Å². The number of amides is 1. The number of ether oxygens (including phenoxy) is 3. The average molecular weight is 469 g/mol. The van der Waals surface area contributed by atoms with Crippen LogP contribution in [0, 0.1) is 6.92 Å². The maximum atomic E-state index is 13.1. The van der Waals surface area contributed by atoms with Crippen molar-refractivity contribution in [2.75, 3.05) is 25.7 Å². The van der Waals surface area contributed by atoms with Crippen LogP contribution in [0.2, 0.25) is 0 Å². The molecule has 1 amide bonds. The standard InChI is InChI=1S/C24H24N2O6S/c1-16-8-10-18(13-23(16)33(28,29)25-19-6-4-5-7-20(19)30-3)24(27)26(2)14-17-9-11-21-22(12-17)32-15-31-21/h4-13,25H,14-15H2,1-3H3. The number of hydrogen-bond acceptors (Lipinski definition) is 6. The zero-order valence-corrected chi connectivity index (χ0v) is 19.3. The second-order valence-electron chi connectivity index (χ2n) is 7.63. The number of hydrogen-bond donors (Lipinski definition) is 1. The van der Waals surface area contributed by atoms with Crippen LogP contribution in [-0.4, -0.2) is 40.2 Å². The maximum absolute atomic E-state index is 13.1. The molecule has 0 spiro atoms. The van der Waals surface area contributed by atoms with E-state index >= 15 is 0 Å². The Morgan fingerprint density at radius 1 is 1.06 bits per heavy atom. The maximum Gasteiger partial charge on any atom is 0.262 e. The van der Waals surface area contributed by atoms with Gasteiger partial charge in [0.1, 0.15) is 5.75 Å². The topological polar surface area (TPSA) is 94.2 Å². The molecule has 8 nitrogen and oxygen atoms in total. The molecule has 1 aliphatic rings. The van der Waals surface area contributed by atoms with Crippen molar-refractivity contribution in [2.45, 2.75) is 18.4 Å². The highest BCUT2D eigenvalue weighted by molar-refractivity contribution is 7.92. The van der Waals surface area contributed by atoms with Gasteiger partial charge in [-0.15, -0.1) is 0 Å². The smallest absolute Gasteiger partial charge is 0.262 e. The van der Waals surface area contributed by atoms with Crippen LogP contribution in [0.4, 0.5) is 5.69 Å². The fraction of sp³-hybridized carbons (Fsp3) is 0.208. The van der Waals surface area contributed by atoms with Crippen molar-refractivity contribution in [3.05, 3.63) is 77.4 Å². The molecule has 0 aromatic heterocycles. The summed E-state index contributed by atoms with van der Waals surface area (Å²) < 4.78 is 44.7. The summed E-state index contributed by atoms with van der Waals surface area (Å²) >= 11 is 0. The fourth-order valence-electron chi connectivity index (χ4n) is 3.56. The highest BCUT2D eigenvalue weighted by Crippen LogP contribution is 2.33. The van der Waals surface area contributed by atoms with Crippen LogP contribution >= 0.6 is 0 Å². The molecule has 0 bridgehead atoms. The number of nitrogens with one attached hydrogen (secondary N) is 1. The third-order valence-corrected chi connectivity index (χ3v) is 6.79. The van der Waals surface area contributed by atoms with Crippen LogP contribution in [0.3, 0.4) is 0 Å². The number of fused-ring (bicyclic) bond motifs is 1. The molecule has 0 unspecified atom stereocenters. The lowest BCUT2D eigenvalue weighted by molar-refractivity contribution is 0.0784. The predicted octanol–water partition coefficient (Wildman–Crippen LogP) is 3.81. The highest BCUT2D eigenvalue weighted by atomic mass is 32.2. The van der Waals surface area contributed by atoms with Crippen molar-refractivity contribution < 1.29 is 27.4 Å². The van der Waals surface area contributed by atoms with E-state index in [9.17, 15) is 13.2 Å². The lowest BCUT2D eigenvalue weighted by atomic mass is 10.1. The zero-order chi connectivity index (χ0) is 23.6. The molecular formula is C24H24N2O6S. The Labute approximate surface area is 192 Å². The van der Waals surface area contributed by atoms with Crippen molar-refractivity contribution in [3.8, 4) is 17.2 Å². The van der Waals surface area contributed by atoms with Gasteiger partial charge in [-0.1, -0.05) is 24.3 Å². The summed E-state index contributed by atoms with van der Waals surface area (Å²) in [5.41, 5.74) is 1.97. The lowest BCUT2D eigenvalue weighted by Gasteiger charge is -2.19. The molecule has 1 aliphatic heterocycles.